The number of likely N-dealkylation sites (N-methyl/N-ethyl adjacent to an activating group) is 1. The van der Waals surface area contributed by atoms with Crippen LogP contribution in [0.3, 0.4) is 0 Å². The third kappa shape index (κ3) is 2.51. The number of nitrogens with one attached hydrogen (secondary N) is 1. The smallest absolute Gasteiger partial charge is 0.254 e. The molecule has 1 fully saturated rings. The largest absolute Gasteiger partial charge is 0.390 e. The number of aliphatic hydroxyl groups is 1. The van der Waals surface area contributed by atoms with Crippen molar-refractivity contribution in [3.8, 4) is 0 Å². The standard InChI is InChI=1S/C13H17ClN2O2/c1-8-5-9(14)3-4-10(8)13(18)16(2)11-6-15-7-12(11)17/h3-5,11-12,15,17H,6-7H2,1-2H3/t11-,12-/m1/s1. The summed E-state index contributed by atoms with van der Waals surface area (Å²) in [5.41, 5.74) is 1.47. The van der Waals surface area contributed by atoms with Gasteiger partial charge >= 0.3 is 0 Å². The molecule has 0 bridgehead atoms. The maximum absolute atomic E-state index is 12.4. The molecule has 2 rings (SSSR count). The number of hydrogen-bond donors (Lipinski definition) is 2. The summed E-state index contributed by atoms with van der Waals surface area (Å²) in [6.45, 7) is 3.01. The van der Waals surface area contributed by atoms with Crippen LogP contribution in [-0.2, 0) is 0 Å². The van der Waals surface area contributed by atoms with Crippen molar-refractivity contribution in [3.05, 3.63) is 34.3 Å². The summed E-state index contributed by atoms with van der Waals surface area (Å²) in [5.74, 6) is -0.0862. The van der Waals surface area contributed by atoms with Crippen LogP contribution in [0.4, 0.5) is 0 Å². The van der Waals surface area contributed by atoms with Gasteiger partial charge in [-0.25, -0.2) is 0 Å². The average Bonchev–Trinajstić information content (AvgIpc) is 2.74. The van der Waals surface area contributed by atoms with Crippen LogP contribution in [0.15, 0.2) is 18.2 Å². The van der Waals surface area contributed by atoms with E-state index in [0.717, 1.165) is 5.56 Å². The molecule has 1 aromatic carbocycles. The van der Waals surface area contributed by atoms with Crippen molar-refractivity contribution in [1.82, 2.24) is 10.2 Å². The lowest BCUT2D eigenvalue weighted by Gasteiger charge is -2.27. The number of aryl methyl sites for hydroxylation is 1. The van der Waals surface area contributed by atoms with E-state index < -0.39 is 6.10 Å². The third-order valence-corrected chi connectivity index (χ3v) is 3.62. The predicted molar refractivity (Wildman–Crippen MR) is 70.9 cm³/mol. The van der Waals surface area contributed by atoms with Gasteiger partial charge in [0.05, 0.1) is 12.1 Å². The molecule has 1 saturated heterocycles. The number of hydrogen-bond acceptors (Lipinski definition) is 3. The summed E-state index contributed by atoms with van der Waals surface area (Å²) in [4.78, 5) is 14.0. The van der Waals surface area contributed by atoms with E-state index in [1.165, 1.54) is 0 Å². The number of nitrogens with zero attached hydrogens (tertiary/aromatic N) is 1. The van der Waals surface area contributed by atoms with Gasteiger partial charge in [-0.05, 0) is 30.7 Å². The molecule has 1 aromatic rings. The Bertz CT molecular complexity index is 464. The monoisotopic (exact) mass is 268 g/mol. The van der Waals surface area contributed by atoms with Crippen LogP contribution in [0.2, 0.25) is 5.02 Å². The minimum absolute atomic E-state index is 0.0862. The number of benzene rings is 1. The lowest BCUT2D eigenvalue weighted by atomic mass is 10.1. The Labute approximate surface area is 112 Å². The van der Waals surface area contributed by atoms with Crippen molar-refractivity contribution < 1.29 is 9.90 Å². The van der Waals surface area contributed by atoms with Gasteiger partial charge in [0.1, 0.15) is 0 Å². The van der Waals surface area contributed by atoms with Crippen LogP contribution >= 0.6 is 11.6 Å². The molecule has 0 spiro atoms. The Morgan fingerprint density at radius 1 is 1.50 bits per heavy atom. The first-order valence-electron chi connectivity index (χ1n) is 5.93. The van der Waals surface area contributed by atoms with Gasteiger partial charge in [-0.1, -0.05) is 11.6 Å². The zero-order valence-corrected chi connectivity index (χ0v) is 11.2. The maximum atomic E-state index is 12.4. The fraction of sp³-hybridized carbons (Fsp3) is 0.462. The molecule has 0 aliphatic carbocycles. The number of amides is 1. The van der Waals surface area contributed by atoms with Crippen LogP contribution < -0.4 is 5.32 Å². The number of carbonyl (C=O) groups is 1. The fourth-order valence-electron chi connectivity index (χ4n) is 2.25. The molecule has 98 valence electrons. The van der Waals surface area contributed by atoms with Crippen LogP contribution in [0.25, 0.3) is 0 Å². The molecule has 2 atom stereocenters. The van der Waals surface area contributed by atoms with Gasteiger partial charge in [0.15, 0.2) is 0 Å². The van der Waals surface area contributed by atoms with Gasteiger partial charge in [-0.15, -0.1) is 0 Å². The average molecular weight is 269 g/mol. The van der Waals surface area contributed by atoms with E-state index in [1.807, 2.05) is 6.92 Å². The normalized spacial score (nSPS) is 23.1. The second kappa shape index (κ2) is 5.26. The second-order valence-corrected chi connectivity index (χ2v) is 5.10. The molecule has 0 unspecified atom stereocenters. The highest BCUT2D eigenvalue weighted by molar-refractivity contribution is 6.30. The topological polar surface area (TPSA) is 52.6 Å². The molecule has 1 aliphatic heterocycles. The molecule has 2 N–H and O–H groups in total. The summed E-state index contributed by atoms with van der Waals surface area (Å²) < 4.78 is 0. The molecule has 0 aromatic heterocycles. The summed E-state index contributed by atoms with van der Waals surface area (Å²) in [5, 5.41) is 13.5. The van der Waals surface area contributed by atoms with Gasteiger partial charge in [-0.2, -0.15) is 0 Å². The molecule has 1 amide bonds. The number of halogens is 1. The first-order valence-corrected chi connectivity index (χ1v) is 6.30. The van der Waals surface area contributed by atoms with Crippen LogP contribution in [0.1, 0.15) is 15.9 Å². The molecular formula is C13H17ClN2O2. The first-order chi connectivity index (χ1) is 8.50. The zero-order chi connectivity index (χ0) is 13.3. The molecule has 0 saturated carbocycles. The van der Waals surface area contributed by atoms with Gasteiger partial charge in [0, 0.05) is 30.7 Å². The van der Waals surface area contributed by atoms with Gasteiger partial charge in [0.25, 0.3) is 5.91 Å². The molecular weight excluding hydrogens is 252 g/mol. The lowest BCUT2D eigenvalue weighted by Crippen LogP contribution is -2.44. The van der Waals surface area contributed by atoms with Gasteiger partial charge in [-0.3, -0.25) is 4.79 Å². The minimum Gasteiger partial charge on any atom is -0.390 e. The SMILES string of the molecule is Cc1cc(Cl)ccc1C(=O)N(C)[C@@H]1CNC[C@H]1O. The Balaban J connectivity index is 2.20. The van der Waals surface area contributed by atoms with E-state index in [2.05, 4.69) is 5.32 Å². The van der Waals surface area contributed by atoms with E-state index in [-0.39, 0.29) is 11.9 Å². The fourth-order valence-corrected chi connectivity index (χ4v) is 2.48. The molecule has 1 aliphatic rings. The number of β-amino-alcohol motifs (C(OH)–C–C–N with tert-alkyl or cyclic N) is 1. The molecule has 1 heterocycles. The number of rotatable bonds is 2. The Morgan fingerprint density at radius 2 is 2.22 bits per heavy atom. The molecule has 0 radical (unpaired) electrons. The summed E-state index contributed by atoms with van der Waals surface area (Å²) in [6, 6.07) is 5.03. The van der Waals surface area contributed by atoms with Crippen LogP contribution in [0.5, 0.6) is 0 Å². The van der Waals surface area contributed by atoms with Crippen molar-refractivity contribution in [2.75, 3.05) is 20.1 Å². The molecule has 4 nitrogen and oxygen atoms in total. The van der Waals surface area contributed by atoms with Crippen molar-refractivity contribution in [1.29, 1.82) is 0 Å². The third-order valence-electron chi connectivity index (χ3n) is 3.39. The highest BCUT2D eigenvalue weighted by Gasteiger charge is 2.31. The van der Waals surface area contributed by atoms with E-state index in [1.54, 1.807) is 30.1 Å². The van der Waals surface area contributed by atoms with E-state index >= 15 is 0 Å². The minimum atomic E-state index is -0.508. The molecule has 5 heteroatoms. The van der Waals surface area contributed by atoms with Crippen molar-refractivity contribution in [2.24, 2.45) is 0 Å². The number of carbonyl (C=O) groups excluding carboxylic acids is 1. The lowest BCUT2D eigenvalue weighted by molar-refractivity contribution is 0.0580. The highest BCUT2D eigenvalue weighted by atomic mass is 35.5. The number of aliphatic hydroxyl groups excluding tert-OH is 1. The second-order valence-electron chi connectivity index (χ2n) is 4.67. The molecule has 18 heavy (non-hydrogen) atoms. The summed E-state index contributed by atoms with van der Waals surface area (Å²) >= 11 is 5.88. The predicted octanol–water partition coefficient (Wildman–Crippen LogP) is 1.05. The Morgan fingerprint density at radius 3 is 2.78 bits per heavy atom. The van der Waals surface area contributed by atoms with Gasteiger partial charge in [0.2, 0.25) is 0 Å². The van der Waals surface area contributed by atoms with E-state index in [0.29, 0.717) is 23.7 Å². The van der Waals surface area contributed by atoms with Crippen molar-refractivity contribution in [3.63, 3.8) is 0 Å². The summed E-state index contributed by atoms with van der Waals surface area (Å²) in [7, 11) is 1.72. The first kappa shape index (κ1) is 13.3. The highest BCUT2D eigenvalue weighted by Crippen LogP contribution is 2.18. The summed E-state index contributed by atoms with van der Waals surface area (Å²) in [6.07, 6.45) is -0.508. The maximum Gasteiger partial charge on any atom is 0.254 e. The van der Waals surface area contributed by atoms with Crippen molar-refractivity contribution >= 4 is 17.5 Å². The van der Waals surface area contributed by atoms with Gasteiger partial charge < -0.3 is 15.3 Å². The van der Waals surface area contributed by atoms with Crippen LogP contribution in [0, 0.1) is 6.92 Å². The van der Waals surface area contributed by atoms with E-state index in [4.69, 9.17) is 11.6 Å². The van der Waals surface area contributed by atoms with Crippen molar-refractivity contribution in [2.45, 2.75) is 19.1 Å². The Kier molecular flexibility index (Phi) is 3.90. The van der Waals surface area contributed by atoms with Crippen LogP contribution in [-0.4, -0.2) is 48.2 Å². The quantitative estimate of drug-likeness (QED) is 0.843. The Hall–Kier alpha value is -1.10. The zero-order valence-electron chi connectivity index (χ0n) is 10.5. The van der Waals surface area contributed by atoms with E-state index in [9.17, 15) is 9.90 Å².